The van der Waals surface area contributed by atoms with Gasteiger partial charge in [-0.15, -0.1) is 0 Å². The molecule has 0 fully saturated rings. The highest BCUT2D eigenvalue weighted by atomic mass is 35.5. The van der Waals surface area contributed by atoms with Gasteiger partial charge in [-0.05, 0) is 24.6 Å². The molecule has 0 saturated carbocycles. The van der Waals surface area contributed by atoms with Crippen molar-refractivity contribution in [3.8, 4) is 0 Å². The van der Waals surface area contributed by atoms with Gasteiger partial charge in [0.2, 0.25) is 0 Å². The Balaban J connectivity index is 2.97. The average Bonchev–Trinajstić information content (AvgIpc) is 2.21. The molecule has 0 aliphatic rings. The van der Waals surface area contributed by atoms with Crippen LogP contribution in [0.3, 0.4) is 0 Å². The minimum atomic E-state index is -3.25. The highest BCUT2D eigenvalue weighted by Crippen LogP contribution is 2.23. The maximum Gasteiger partial charge on any atom is 0.158 e. The van der Waals surface area contributed by atoms with Crippen LogP contribution in [0, 0.1) is 0 Å². The molecule has 1 atom stereocenters. The number of nitrogens with two attached hydrogens (primary N) is 1. The van der Waals surface area contributed by atoms with Gasteiger partial charge >= 0.3 is 0 Å². The molecule has 0 radical (unpaired) electrons. The Bertz CT molecular complexity index is 474. The summed E-state index contributed by atoms with van der Waals surface area (Å²) in [6, 6.07) is 4.76. The van der Waals surface area contributed by atoms with Crippen LogP contribution in [0.2, 0.25) is 10.0 Å². The minimum absolute atomic E-state index is 0.105. The smallest absolute Gasteiger partial charge is 0.158 e. The first-order valence-electron chi connectivity index (χ1n) is 4.72. The van der Waals surface area contributed by atoms with Crippen molar-refractivity contribution in [2.45, 2.75) is 17.9 Å². The second-order valence-electron chi connectivity index (χ2n) is 3.59. The third-order valence-electron chi connectivity index (χ3n) is 2.32. The van der Waals surface area contributed by atoms with Crippen molar-refractivity contribution in [3.05, 3.63) is 33.8 Å². The van der Waals surface area contributed by atoms with Crippen LogP contribution in [-0.4, -0.2) is 20.2 Å². The van der Waals surface area contributed by atoms with Gasteiger partial charge in [0.05, 0.1) is 11.0 Å². The highest BCUT2D eigenvalue weighted by molar-refractivity contribution is 7.91. The lowest BCUT2D eigenvalue weighted by Crippen LogP contribution is -2.27. The summed E-state index contributed by atoms with van der Waals surface area (Å²) in [4.78, 5) is 0. The van der Waals surface area contributed by atoms with Crippen LogP contribution in [-0.2, 0) is 15.6 Å². The van der Waals surface area contributed by atoms with Gasteiger partial charge in [0, 0.05) is 16.6 Å². The maximum absolute atomic E-state index is 11.8. The summed E-state index contributed by atoms with van der Waals surface area (Å²) in [7, 11) is -3.25. The molecule has 1 aromatic rings. The van der Waals surface area contributed by atoms with Crippen LogP contribution in [0.25, 0.3) is 0 Å². The maximum atomic E-state index is 11.8. The van der Waals surface area contributed by atoms with Gasteiger partial charge in [0.1, 0.15) is 0 Å². The monoisotopic (exact) mass is 281 g/mol. The summed E-state index contributed by atoms with van der Waals surface area (Å²) < 4.78 is 23.6. The SMILES string of the molecule is CC(CN)S(=O)(=O)Cc1ccc(Cl)cc1Cl. The lowest BCUT2D eigenvalue weighted by Gasteiger charge is -2.11. The Kier molecular flexibility index (Phi) is 4.62. The standard InChI is InChI=1S/C10H13Cl2NO2S/c1-7(5-13)16(14,15)6-8-2-3-9(11)4-10(8)12/h2-4,7H,5-6,13H2,1H3. The first-order valence-corrected chi connectivity index (χ1v) is 7.19. The molecule has 0 spiro atoms. The van der Waals surface area contributed by atoms with Crippen LogP contribution in [0.4, 0.5) is 0 Å². The molecule has 1 aromatic carbocycles. The third kappa shape index (κ3) is 3.35. The molecule has 16 heavy (non-hydrogen) atoms. The molecule has 2 N–H and O–H groups in total. The van der Waals surface area contributed by atoms with Crippen LogP contribution in [0.15, 0.2) is 18.2 Å². The number of hydrogen-bond acceptors (Lipinski definition) is 3. The van der Waals surface area contributed by atoms with E-state index >= 15 is 0 Å². The second kappa shape index (κ2) is 5.36. The van der Waals surface area contributed by atoms with Gasteiger partial charge < -0.3 is 5.73 Å². The molecule has 0 saturated heterocycles. The topological polar surface area (TPSA) is 60.2 Å². The second-order valence-corrected chi connectivity index (χ2v) is 6.85. The zero-order valence-electron chi connectivity index (χ0n) is 8.78. The fourth-order valence-electron chi connectivity index (χ4n) is 1.14. The van der Waals surface area contributed by atoms with E-state index in [2.05, 4.69) is 0 Å². The van der Waals surface area contributed by atoms with E-state index < -0.39 is 15.1 Å². The molecule has 0 bridgehead atoms. The van der Waals surface area contributed by atoms with Crippen molar-refractivity contribution in [2.24, 2.45) is 5.73 Å². The van der Waals surface area contributed by atoms with E-state index in [9.17, 15) is 8.42 Å². The molecular formula is C10H13Cl2NO2S. The summed E-state index contributed by atoms with van der Waals surface area (Å²) in [6.45, 7) is 1.69. The van der Waals surface area contributed by atoms with Gasteiger partial charge in [-0.25, -0.2) is 8.42 Å². The number of benzene rings is 1. The summed E-state index contributed by atoms with van der Waals surface area (Å²) in [5.74, 6) is -0.110. The highest BCUT2D eigenvalue weighted by Gasteiger charge is 2.20. The van der Waals surface area contributed by atoms with Crippen molar-refractivity contribution >= 4 is 33.0 Å². The number of hydrogen-bond donors (Lipinski definition) is 1. The van der Waals surface area contributed by atoms with Crippen molar-refractivity contribution in [3.63, 3.8) is 0 Å². The Labute approximate surface area is 105 Å². The fraction of sp³-hybridized carbons (Fsp3) is 0.400. The molecule has 90 valence electrons. The molecule has 0 aromatic heterocycles. The van der Waals surface area contributed by atoms with Gasteiger partial charge in [-0.2, -0.15) is 0 Å². The molecule has 1 rings (SSSR count). The Morgan fingerprint density at radius 3 is 2.50 bits per heavy atom. The van der Waals surface area contributed by atoms with Crippen LogP contribution in [0.5, 0.6) is 0 Å². The normalized spacial score (nSPS) is 13.8. The molecule has 0 amide bonds. The molecular weight excluding hydrogens is 269 g/mol. The van der Waals surface area contributed by atoms with Crippen LogP contribution >= 0.6 is 23.2 Å². The third-order valence-corrected chi connectivity index (χ3v) is 5.04. The van der Waals surface area contributed by atoms with Gasteiger partial charge in [0.15, 0.2) is 9.84 Å². The lowest BCUT2D eigenvalue weighted by molar-refractivity contribution is 0.583. The van der Waals surface area contributed by atoms with Crippen molar-refractivity contribution < 1.29 is 8.42 Å². The number of halogens is 2. The molecule has 1 unspecified atom stereocenters. The number of rotatable bonds is 4. The summed E-state index contributed by atoms with van der Waals surface area (Å²) in [5.41, 5.74) is 5.89. The number of sulfone groups is 1. The van der Waals surface area contributed by atoms with E-state index in [1.807, 2.05) is 0 Å². The molecule has 0 aliphatic carbocycles. The van der Waals surface area contributed by atoms with Crippen molar-refractivity contribution in [2.75, 3.05) is 6.54 Å². The summed E-state index contributed by atoms with van der Waals surface area (Å²) in [5, 5.41) is 0.276. The van der Waals surface area contributed by atoms with E-state index in [4.69, 9.17) is 28.9 Å². The van der Waals surface area contributed by atoms with Crippen molar-refractivity contribution in [1.82, 2.24) is 0 Å². The van der Waals surface area contributed by atoms with Crippen molar-refractivity contribution in [1.29, 1.82) is 0 Å². The Morgan fingerprint density at radius 2 is 2.00 bits per heavy atom. The Hall–Kier alpha value is -0.290. The predicted molar refractivity (Wildman–Crippen MR) is 67.6 cm³/mol. The van der Waals surface area contributed by atoms with E-state index in [0.717, 1.165) is 0 Å². The Morgan fingerprint density at radius 1 is 1.38 bits per heavy atom. The summed E-state index contributed by atoms with van der Waals surface area (Å²) in [6.07, 6.45) is 0. The van der Waals surface area contributed by atoms with Gasteiger partial charge in [-0.3, -0.25) is 0 Å². The first-order chi connectivity index (χ1) is 7.36. The van der Waals surface area contributed by atoms with E-state index in [1.165, 1.54) is 6.07 Å². The van der Waals surface area contributed by atoms with E-state index in [-0.39, 0.29) is 12.3 Å². The van der Waals surface area contributed by atoms with E-state index in [0.29, 0.717) is 15.6 Å². The zero-order valence-corrected chi connectivity index (χ0v) is 11.1. The largest absolute Gasteiger partial charge is 0.329 e. The van der Waals surface area contributed by atoms with Gasteiger partial charge in [0.25, 0.3) is 0 Å². The molecule has 6 heteroatoms. The fourth-order valence-corrected chi connectivity index (χ4v) is 2.96. The molecule has 3 nitrogen and oxygen atoms in total. The lowest BCUT2D eigenvalue weighted by atomic mass is 10.2. The van der Waals surface area contributed by atoms with E-state index in [1.54, 1.807) is 19.1 Å². The molecule has 0 aliphatic heterocycles. The minimum Gasteiger partial charge on any atom is -0.329 e. The molecule has 0 heterocycles. The zero-order chi connectivity index (χ0) is 12.3. The first kappa shape index (κ1) is 13.8. The summed E-state index contributed by atoms with van der Waals surface area (Å²) >= 11 is 11.6. The van der Waals surface area contributed by atoms with Crippen LogP contribution in [0.1, 0.15) is 12.5 Å². The predicted octanol–water partition coefficient (Wildman–Crippen LogP) is 2.26. The quantitative estimate of drug-likeness (QED) is 0.921. The van der Waals surface area contributed by atoms with Crippen LogP contribution < -0.4 is 5.73 Å². The average molecular weight is 282 g/mol. The van der Waals surface area contributed by atoms with Gasteiger partial charge in [-0.1, -0.05) is 29.3 Å².